The quantitative estimate of drug-likeness (QED) is 0.0260. The van der Waals surface area contributed by atoms with Gasteiger partial charge in [0.2, 0.25) is 18.2 Å². The Kier molecular flexibility index (Phi) is 12.7. The molecule has 2 saturated heterocycles. The number of piperidine rings is 2. The van der Waals surface area contributed by atoms with Crippen LogP contribution in [0.3, 0.4) is 0 Å². The van der Waals surface area contributed by atoms with Crippen LogP contribution < -0.4 is 30.9 Å². The fourth-order valence-electron chi connectivity index (χ4n) is 11.0. The highest BCUT2D eigenvalue weighted by molar-refractivity contribution is 7.81. The number of aromatic carboxylic acids is 1. The van der Waals surface area contributed by atoms with Crippen LogP contribution in [-0.2, 0) is 35.9 Å². The molecule has 10 rings (SSSR count). The SMILES string of the molecule is O=CNCCC(CCNc1cccc(CS(=O)N2C3(CC3)CC(Nc3cccc(-c4sc(C(=O)O)c(OCC(=O)O)c4F)c3)CC23CC3)c1)c1ccc2c3c(cccc13)C(=O)N2C1CCC(=O)NC1=O. The number of thiophene rings is 1. The fraction of sp³-hybridized carbons (Fsp3) is 0.373. The highest BCUT2D eigenvalue weighted by Crippen LogP contribution is 2.62. The Morgan fingerprint density at radius 3 is 2.39 bits per heavy atom. The largest absolute Gasteiger partial charge is 0.479 e. The molecule has 16 nitrogen and oxygen atoms in total. The van der Waals surface area contributed by atoms with Crippen LogP contribution in [0.4, 0.5) is 21.5 Å². The number of carbonyl (C=O) groups is 6. The van der Waals surface area contributed by atoms with Crippen molar-refractivity contribution >= 4 is 86.2 Å². The maximum atomic E-state index is 15.6. The van der Waals surface area contributed by atoms with Gasteiger partial charge >= 0.3 is 11.9 Å². The highest BCUT2D eigenvalue weighted by atomic mass is 32.2. The lowest BCUT2D eigenvalue weighted by Crippen LogP contribution is -2.56. The zero-order valence-electron chi connectivity index (χ0n) is 38.0. The molecule has 5 aromatic rings. The second kappa shape index (κ2) is 18.9. The van der Waals surface area contributed by atoms with E-state index in [1.807, 2.05) is 54.6 Å². The Morgan fingerprint density at radius 2 is 1.67 bits per heavy atom. The maximum absolute atomic E-state index is 15.6. The second-order valence-electron chi connectivity index (χ2n) is 18.9. The maximum Gasteiger partial charge on any atom is 0.349 e. The number of amides is 4. The van der Waals surface area contributed by atoms with Gasteiger partial charge in [-0.25, -0.2) is 22.5 Å². The normalized spacial score (nSPS) is 20.5. The summed E-state index contributed by atoms with van der Waals surface area (Å²) in [5.74, 6) is -5.04. The number of rotatable bonds is 20. The Bertz CT molecular complexity index is 2970. The Hall–Kier alpha value is -6.70. The van der Waals surface area contributed by atoms with Crippen molar-refractivity contribution in [3.05, 3.63) is 106 Å². The van der Waals surface area contributed by atoms with Crippen LogP contribution in [-0.4, -0.2) is 97.7 Å². The number of hydrogen-bond acceptors (Lipinski definition) is 11. The minimum Gasteiger partial charge on any atom is -0.479 e. The average molecular weight is 991 g/mol. The van der Waals surface area contributed by atoms with Crippen LogP contribution in [0.5, 0.6) is 5.75 Å². The van der Waals surface area contributed by atoms with Gasteiger partial charge in [-0.1, -0.05) is 42.5 Å². The molecule has 3 atom stereocenters. The standard InChI is InChI=1S/C51H51FN6O10S2/c52-43-44(68-26-41(61)62)46(49(65)66)69-45(43)31-5-2-7-33(23-31)55-34-24-50(16-17-50)58(51(25-34)18-19-51)70(67)27-29-4-1-6-32(22-29)54-21-15-30(14-20-53-28-59)35-10-11-38-42-36(35)8-3-9-37(42)48(64)57(38)39-12-13-40(60)56-47(39)63/h1-11,22-23,28,30,34,39,54-55H,12-21,24-27H2,(H,53,59)(H,61,62)(H,65,66)(H,56,60,63). The Balaban J connectivity index is 0.797. The molecular formula is C51H51FN6O10S2. The van der Waals surface area contributed by atoms with Gasteiger partial charge in [0.25, 0.3) is 5.91 Å². The van der Waals surface area contributed by atoms with Gasteiger partial charge in [-0.2, -0.15) is 0 Å². The zero-order chi connectivity index (χ0) is 48.9. The van der Waals surface area contributed by atoms with Gasteiger partial charge in [-0.15, -0.1) is 11.3 Å². The minimum atomic E-state index is -1.42. The molecule has 4 aromatic carbocycles. The summed E-state index contributed by atoms with van der Waals surface area (Å²) in [6.45, 7) is 0.163. The van der Waals surface area contributed by atoms with Gasteiger partial charge in [-0.05, 0) is 122 Å². The van der Waals surface area contributed by atoms with Crippen molar-refractivity contribution in [3.8, 4) is 16.2 Å². The van der Waals surface area contributed by atoms with Crippen LogP contribution in [0.15, 0.2) is 78.9 Å². The number of anilines is 3. The molecule has 3 aliphatic heterocycles. The molecule has 2 spiro atoms. The summed E-state index contributed by atoms with van der Waals surface area (Å²) in [6.07, 6.45) is 7.67. The van der Waals surface area contributed by atoms with E-state index in [1.165, 1.54) is 4.90 Å². The second-order valence-corrected chi connectivity index (χ2v) is 21.3. The molecule has 1 aromatic heterocycles. The van der Waals surface area contributed by atoms with Crippen LogP contribution in [0.25, 0.3) is 21.2 Å². The number of aliphatic carboxylic acids is 1. The molecule has 19 heteroatoms. The zero-order valence-corrected chi connectivity index (χ0v) is 39.6. The highest BCUT2D eigenvalue weighted by Gasteiger charge is 2.66. The lowest BCUT2D eigenvalue weighted by atomic mass is 9.87. The van der Waals surface area contributed by atoms with Crippen molar-refractivity contribution in [1.29, 1.82) is 0 Å². The van der Waals surface area contributed by atoms with Gasteiger partial charge in [0, 0.05) is 59.0 Å². The molecule has 70 heavy (non-hydrogen) atoms. The van der Waals surface area contributed by atoms with Crippen molar-refractivity contribution in [2.45, 2.75) is 99.0 Å². The molecule has 4 amide bonds. The number of carbonyl (C=O) groups excluding carboxylic acids is 4. The van der Waals surface area contributed by atoms with Gasteiger partial charge in [0.1, 0.15) is 6.04 Å². The van der Waals surface area contributed by atoms with Gasteiger partial charge < -0.3 is 30.9 Å². The van der Waals surface area contributed by atoms with Gasteiger partial charge in [-0.3, -0.25) is 29.4 Å². The van der Waals surface area contributed by atoms with Crippen molar-refractivity contribution in [3.63, 3.8) is 0 Å². The number of benzene rings is 4. The first kappa shape index (κ1) is 47.0. The lowest BCUT2D eigenvalue weighted by molar-refractivity contribution is -0.139. The van der Waals surface area contributed by atoms with E-state index in [0.717, 1.165) is 71.8 Å². The topological polar surface area (TPSA) is 224 Å². The van der Waals surface area contributed by atoms with E-state index in [9.17, 15) is 38.1 Å². The summed E-state index contributed by atoms with van der Waals surface area (Å²) in [7, 11) is -1.31. The summed E-state index contributed by atoms with van der Waals surface area (Å²) in [6, 6.07) is 23.8. The molecule has 2 aliphatic carbocycles. The van der Waals surface area contributed by atoms with Gasteiger partial charge in [0.15, 0.2) is 23.1 Å². The molecule has 3 unspecified atom stereocenters. The van der Waals surface area contributed by atoms with E-state index < -0.39 is 57.9 Å². The van der Waals surface area contributed by atoms with E-state index in [2.05, 4.69) is 25.6 Å². The van der Waals surface area contributed by atoms with E-state index in [1.54, 1.807) is 24.3 Å². The lowest BCUT2D eigenvalue weighted by Gasteiger charge is -2.46. The van der Waals surface area contributed by atoms with Crippen LogP contribution >= 0.6 is 11.3 Å². The number of imide groups is 1. The minimum absolute atomic E-state index is 0.0123. The molecule has 0 radical (unpaired) electrons. The number of hydrogen-bond donors (Lipinski definition) is 6. The first-order valence-electron chi connectivity index (χ1n) is 23.5. The molecule has 6 N–H and O–H groups in total. The monoisotopic (exact) mass is 990 g/mol. The average Bonchev–Trinajstić information content (AvgIpc) is 4.22. The number of nitrogens with one attached hydrogen (secondary N) is 4. The molecule has 4 heterocycles. The van der Waals surface area contributed by atoms with Crippen LogP contribution in [0.1, 0.15) is 101 Å². The van der Waals surface area contributed by atoms with E-state index in [4.69, 9.17) is 9.84 Å². The summed E-state index contributed by atoms with van der Waals surface area (Å²) in [4.78, 5) is 74.0. The van der Waals surface area contributed by atoms with Crippen LogP contribution in [0.2, 0.25) is 0 Å². The molecule has 4 fully saturated rings. The molecule has 0 bridgehead atoms. The third-order valence-corrected chi connectivity index (χ3v) is 17.2. The predicted molar refractivity (Wildman–Crippen MR) is 262 cm³/mol. The number of nitrogens with zero attached hydrogens (tertiary/aromatic N) is 2. The Labute approximate surface area is 408 Å². The van der Waals surface area contributed by atoms with Crippen molar-refractivity contribution in [1.82, 2.24) is 14.9 Å². The smallest absolute Gasteiger partial charge is 0.349 e. The molecule has 2 saturated carbocycles. The molecule has 5 aliphatic rings. The van der Waals surface area contributed by atoms with E-state index in [0.29, 0.717) is 66.2 Å². The summed E-state index contributed by atoms with van der Waals surface area (Å²) in [5.41, 5.74) is 4.74. The number of ether oxygens (including phenoxy) is 1. The first-order chi connectivity index (χ1) is 33.8. The summed E-state index contributed by atoms with van der Waals surface area (Å²) < 4.78 is 37.5. The van der Waals surface area contributed by atoms with E-state index >= 15 is 4.39 Å². The summed E-state index contributed by atoms with van der Waals surface area (Å²) >= 11 is 0.690. The van der Waals surface area contributed by atoms with Crippen molar-refractivity contribution < 1.29 is 52.3 Å². The predicted octanol–water partition coefficient (Wildman–Crippen LogP) is 7.16. The first-order valence-corrected chi connectivity index (χ1v) is 25.6. The number of carboxylic acids is 2. The number of carboxylic acid groups (broad SMARTS) is 2. The fourth-order valence-corrected chi connectivity index (χ4v) is 14.0. The van der Waals surface area contributed by atoms with E-state index in [-0.39, 0.29) is 52.6 Å². The molecular weight excluding hydrogens is 940 g/mol. The number of halogens is 1. The van der Waals surface area contributed by atoms with Crippen molar-refractivity contribution in [2.24, 2.45) is 0 Å². The van der Waals surface area contributed by atoms with Crippen LogP contribution in [0, 0.1) is 5.82 Å². The molecule has 364 valence electrons. The van der Waals surface area contributed by atoms with Gasteiger partial charge in [0.05, 0.1) is 27.3 Å². The third-order valence-electron chi connectivity index (χ3n) is 14.3. The third kappa shape index (κ3) is 9.01. The summed E-state index contributed by atoms with van der Waals surface area (Å²) in [5, 5.41) is 32.8. The Morgan fingerprint density at radius 1 is 0.943 bits per heavy atom. The van der Waals surface area contributed by atoms with Crippen molar-refractivity contribution in [2.75, 3.05) is 35.2 Å².